The first-order chi connectivity index (χ1) is 13.6. The van der Waals surface area contributed by atoms with Crippen molar-refractivity contribution in [3.8, 4) is 0 Å². The number of ether oxygens (including phenoxy) is 1. The number of fused-ring (bicyclic) bond motifs is 3. The van der Waals surface area contributed by atoms with Gasteiger partial charge in [0, 0.05) is 23.2 Å². The molecule has 4 fully saturated rings. The zero-order valence-corrected chi connectivity index (χ0v) is 17.3. The Morgan fingerprint density at radius 1 is 1.24 bits per heavy atom. The van der Waals surface area contributed by atoms with Gasteiger partial charge in [0.05, 0.1) is 17.6 Å². The third-order valence-corrected chi connectivity index (χ3v) is 9.83. The lowest BCUT2D eigenvalue weighted by Gasteiger charge is -2.58. The second-order valence-electron chi connectivity index (χ2n) is 10.7. The fourth-order valence-electron chi connectivity index (χ4n) is 8.27. The summed E-state index contributed by atoms with van der Waals surface area (Å²) < 4.78 is 6.51. The van der Waals surface area contributed by atoms with Crippen LogP contribution in [-0.4, -0.2) is 44.6 Å². The number of hydrogen-bond donors (Lipinski definition) is 3. The predicted octanol–water partition coefficient (Wildman–Crippen LogP) is 3.38. The van der Waals surface area contributed by atoms with E-state index in [2.05, 4.69) is 19.9 Å². The number of aliphatic carboxylic acids is 2. The van der Waals surface area contributed by atoms with Gasteiger partial charge in [-0.15, -0.1) is 0 Å². The molecule has 0 radical (unpaired) electrons. The molecule has 3 saturated carbocycles. The molecule has 0 amide bonds. The zero-order chi connectivity index (χ0) is 20.8. The van der Waals surface area contributed by atoms with Crippen LogP contribution in [0.4, 0.5) is 0 Å². The first-order valence-corrected chi connectivity index (χ1v) is 11.1. The van der Waals surface area contributed by atoms with Crippen molar-refractivity contribution in [1.29, 1.82) is 0 Å². The summed E-state index contributed by atoms with van der Waals surface area (Å²) in [4.78, 5) is 23.6. The molecule has 1 aliphatic heterocycles. The summed E-state index contributed by atoms with van der Waals surface area (Å²) in [6.45, 7) is 4.34. The second-order valence-corrected chi connectivity index (χ2v) is 10.7. The Balaban J connectivity index is 1.58. The van der Waals surface area contributed by atoms with E-state index < -0.39 is 34.5 Å². The van der Waals surface area contributed by atoms with E-state index in [1.165, 1.54) is 5.57 Å². The predicted molar refractivity (Wildman–Crippen MR) is 104 cm³/mol. The number of epoxide rings is 1. The summed E-state index contributed by atoms with van der Waals surface area (Å²) in [5.41, 5.74) is -0.852. The van der Waals surface area contributed by atoms with Gasteiger partial charge < -0.3 is 20.1 Å². The van der Waals surface area contributed by atoms with Crippen molar-refractivity contribution in [1.82, 2.24) is 0 Å². The minimum absolute atomic E-state index is 0.0430. The van der Waals surface area contributed by atoms with Crippen LogP contribution in [0, 0.1) is 28.6 Å². The summed E-state index contributed by atoms with van der Waals surface area (Å²) >= 11 is 0. The molecular weight excluding hydrogens is 372 g/mol. The van der Waals surface area contributed by atoms with Crippen LogP contribution in [-0.2, 0) is 14.3 Å². The van der Waals surface area contributed by atoms with Crippen LogP contribution in [0.5, 0.6) is 0 Å². The number of carboxylic acids is 2. The summed E-state index contributed by atoms with van der Waals surface area (Å²) in [6, 6.07) is 0. The monoisotopic (exact) mass is 404 g/mol. The average molecular weight is 405 g/mol. The molecule has 3 N–H and O–H groups in total. The molecule has 0 aromatic carbocycles. The highest BCUT2D eigenvalue weighted by Gasteiger charge is 2.82. The summed E-state index contributed by atoms with van der Waals surface area (Å²) in [5, 5.41) is 30.9. The van der Waals surface area contributed by atoms with Gasteiger partial charge >= 0.3 is 11.9 Å². The van der Waals surface area contributed by atoms with Crippen molar-refractivity contribution in [2.24, 2.45) is 28.6 Å². The highest BCUT2D eigenvalue weighted by Crippen LogP contribution is 2.77. The number of rotatable bonds is 4. The quantitative estimate of drug-likeness (QED) is 0.490. The molecule has 0 bridgehead atoms. The largest absolute Gasteiger partial charge is 0.481 e. The van der Waals surface area contributed by atoms with E-state index in [9.17, 15) is 24.9 Å². The van der Waals surface area contributed by atoms with E-state index in [0.29, 0.717) is 19.3 Å². The van der Waals surface area contributed by atoms with E-state index in [1.54, 1.807) is 0 Å². The van der Waals surface area contributed by atoms with Crippen molar-refractivity contribution in [2.75, 3.05) is 0 Å². The number of carboxylic acid groups (broad SMARTS) is 2. The molecule has 0 aromatic heterocycles. The Kier molecular flexibility index (Phi) is 3.94. The molecule has 29 heavy (non-hydrogen) atoms. The van der Waals surface area contributed by atoms with E-state index in [-0.39, 0.29) is 36.2 Å². The van der Waals surface area contributed by atoms with Crippen LogP contribution in [0.15, 0.2) is 11.6 Å². The van der Waals surface area contributed by atoms with Crippen molar-refractivity contribution in [3.05, 3.63) is 11.6 Å². The molecule has 1 heterocycles. The maximum absolute atomic E-state index is 12.4. The van der Waals surface area contributed by atoms with Crippen molar-refractivity contribution >= 4 is 11.9 Å². The maximum atomic E-state index is 12.4. The molecule has 160 valence electrons. The molecule has 6 nitrogen and oxygen atoms in total. The normalized spacial score (nSPS) is 52.4. The summed E-state index contributed by atoms with van der Waals surface area (Å²) in [5.74, 6) is -2.24. The van der Waals surface area contributed by atoms with Gasteiger partial charge in [0.1, 0.15) is 5.60 Å². The highest BCUT2D eigenvalue weighted by atomic mass is 16.6. The Morgan fingerprint density at radius 3 is 2.69 bits per heavy atom. The number of allylic oxidation sites excluding steroid dienone is 1. The standard InChI is InChI=1S/C23H32O6/c1-20-8-4-3-5-13(20)11-14(19(26)27)18-15-6-9-22(28,10-7-17(24)25)21(15,2)12-16-23(18,20)29-16/h5,14-16,18,28H,3-4,6-12H2,1-2H3,(H,24,25)(H,26,27)/t14?,15-,16?,18-,20-,21-,22-,23+/m0/s1. The molecule has 0 aromatic rings. The fourth-order valence-corrected chi connectivity index (χ4v) is 8.27. The van der Waals surface area contributed by atoms with Crippen LogP contribution >= 0.6 is 0 Å². The average Bonchev–Trinajstić information content (AvgIpc) is 3.31. The molecule has 1 spiro atoms. The first-order valence-electron chi connectivity index (χ1n) is 11.1. The molecule has 8 atom stereocenters. The fraction of sp³-hybridized carbons (Fsp3) is 0.826. The van der Waals surface area contributed by atoms with Crippen molar-refractivity contribution in [2.45, 2.75) is 88.9 Å². The summed E-state index contributed by atoms with van der Waals surface area (Å²) in [6.07, 6.45) is 8.09. The van der Waals surface area contributed by atoms with Crippen molar-refractivity contribution < 1.29 is 29.6 Å². The van der Waals surface area contributed by atoms with Gasteiger partial charge in [-0.25, -0.2) is 0 Å². The number of hydrogen-bond acceptors (Lipinski definition) is 4. The van der Waals surface area contributed by atoms with Gasteiger partial charge in [0.15, 0.2) is 0 Å². The highest BCUT2D eigenvalue weighted by molar-refractivity contribution is 5.72. The van der Waals surface area contributed by atoms with E-state index >= 15 is 0 Å². The summed E-state index contributed by atoms with van der Waals surface area (Å²) in [7, 11) is 0. The van der Waals surface area contributed by atoms with Crippen LogP contribution < -0.4 is 0 Å². The van der Waals surface area contributed by atoms with Crippen LogP contribution in [0.3, 0.4) is 0 Å². The smallest absolute Gasteiger partial charge is 0.307 e. The molecular formula is C23H32O6. The third-order valence-electron chi connectivity index (χ3n) is 9.83. The van der Waals surface area contributed by atoms with Gasteiger partial charge in [-0.3, -0.25) is 9.59 Å². The Hall–Kier alpha value is -1.40. The second kappa shape index (κ2) is 5.85. The van der Waals surface area contributed by atoms with Crippen molar-refractivity contribution in [3.63, 3.8) is 0 Å². The Labute approximate surface area is 171 Å². The molecule has 1 saturated heterocycles. The molecule has 5 rings (SSSR count). The number of carbonyl (C=O) groups is 2. The van der Waals surface area contributed by atoms with Crippen LogP contribution in [0.25, 0.3) is 0 Å². The lowest BCUT2D eigenvalue weighted by atomic mass is 9.43. The Bertz CT molecular complexity index is 805. The zero-order valence-electron chi connectivity index (χ0n) is 17.3. The molecule has 2 unspecified atom stereocenters. The Morgan fingerprint density at radius 2 is 2.00 bits per heavy atom. The van der Waals surface area contributed by atoms with Gasteiger partial charge in [-0.2, -0.15) is 0 Å². The lowest BCUT2D eigenvalue weighted by molar-refractivity contribution is -0.160. The van der Waals surface area contributed by atoms with Gasteiger partial charge in [0.2, 0.25) is 0 Å². The van der Waals surface area contributed by atoms with E-state index in [0.717, 1.165) is 25.7 Å². The topological polar surface area (TPSA) is 107 Å². The molecule has 4 aliphatic carbocycles. The van der Waals surface area contributed by atoms with Gasteiger partial charge in [-0.05, 0) is 57.3 Å². The lowest BCUT2D eigenvalue weighted by Crippen LogP contribution is -2.63. The minimum Gasteiger partial charge on any atom is -0.481 e. The third kappa shape index (κ3) is 2.25. The maximum Gasteiger partial charge on any atom is 0.307 e. The number of aliphatic hydroxyl groups is 1. The van der Waals surface area contributed by atoms with Crippen LogP contribution in [0.1, 0.15) is 71.6 Å². The molecule has 5 aliphatic rings. The SMILES string of the molecule is C[C@]12CCCC=C1CC(C(=O)O)[C@H]1[C@@H]3CC[C@](O)(CCC(=O)O)[C@@]3(C)CC3O[C@]312. The molecule has 6 heteroatoms. The van der Waals surface area contributed by atoms with Gasteiger partial charge in [-0.1, -0.05) is 25.5 Å². The first kappa shape index (κ1) is 19.6. The minimum atomic E-state index is -1.07. The van der Waals surface area contributed by atoms with E-state index in [4.69, 9.17) is 4.74 Å². The van der Waals surface area contributed by atoms with E-state index in [1.807, 2.05) is 0 Å². The van der Waals surface area contributed by atoms with Gasteiger partial charge in [0.25, 0.3) is 0 Å². The van der Waals surface area contributed by atoms with Crippen LogP contribution in [0.2, 0.25) is 0 Å².